The van der Waals surface area contributed by atoms with E-state index in [2.05, 4.69) is 12.2 Å². The van der Waals surface area contributed by atoms with Crippen LogP contribution in [0.2, 0.25) is 0 Å². The summed E-state index contributed by atoms with van der Waals surface area (Å²) in [4.78, 5) is 14.2. The molecule has 0 aromatic heterocycles. The molecule has 0 spiro atoms. The minimum atomic E-state index is 0.214. The van der Waals surface area contributed by atoms with Gasteiger partial charge in [-0.3, -0.25) is 4.79 Å². The molecule has 92 valence electrons. The second kappa shape index (κ2) is 5.17. The zero-order valence-electron chi connectivity index (χ0n) is 10.5. The number of rotatable bonds is 3. The Morgan fingerprint density at radius 1 is 1.31 bits per heavy atom. The van der Waals surface area contributed by atoms with Crippen molar-refractivity contribution in [3.63, 3.8) is 0 Å². The molecule has 3 heteroatoms. The highest BCUT2D eigenvalue weighted by Crippen LogP contribution is 2.26. The molecule has 0 aromatic carbocycles. The molecule has 1 saturated heterocycles. The number of carbonyl (C=O) groups is 1. The first-order valence-corrected chi connectivity index (χ1v) is 6.64. The molecule has 0 aromatic rings. The van der Waals surface area contributed by atoms with Gasteiger partial charge in [-0.2, -0.15) is 0 Å². The van der Waals surface area contributed by atoms with E-state index in [-0.39, 0.29) is 5.92 Å². The predicted molar refractivity (Wildman–Crippen MR) is 65.1 cm³/mol. The summed E-state index contributed by atoms with van der Waals surface area (Å²) in [5.41, 5.74) is 0. The predicted octanol–water partition coefficient (Wildman–Crippen LogP) is 1.49. The molecule has 0 bridgehead atoms. The summed E-state index contributed by atoms with van der Waals surface area (Å²) in [6, 6.07) is 0. The first-order chi connectivity index (χ1) is 7.68. The van der Waals surface area contributed by atoms with Crippen LogP contribution in [0.1, 0.15) is 32.6 Å². The highest BCUT2D eigenvalue weighted by Gasteiger charge is 2.32. The number of hydrogen-bond donors (Lipinski definition) is 1. The lowest BCUT2D eigenvalue weighted by Crippen LogP contribution is -2.38. The van der Waals surface area contributed by atoms with Crippen molar-refractivity contribution < 1.29 is 4.79 Å². The van der Waals surface area contributed by atoms with Crippen LogP contribution in [0.5, 0.6) is 0 Å². The van der Waals surface area contributed by atoms with Gasteiger partial charge in [-0.25, -0.2) is 0 Å². The Morgan fingerprint density at radius 2 is 2.00 bits per heavy atom. The summed E-state index contributed by atoms with van der Waals surface area (Å²) in [7, 11) is 1.98. The Balaban J connectivity index is 1.83. The average molecular weight is 224 g/mol. The molecule has 0 radical (unpaired) electrons. The second-order valence-electron chi connectivity index (χ2n) is 5.61. The Kier molecular flexibility index (Phi) is 3.85. The molecule has 3 nitrogen and oxygen atoms in total. The Hall–Kier alpha value is -0.570. The topological polar surface area (TPSA) is 32.3 Å². The summed E-state index contributed by atoms with van der Waals surface area (Å²) in [6.45, 7) is 5.01. The number of nitrogens with one attached hydrogen (secondary N) is 1. The van der Waals surface area contributed by atoms with Gasteiger partial charge in [-0.1, -0.05) is 19.8 Å². The molecule has 1 aliphatic heterocycles. The van der Waals surface area contributed by atoms with Gasteiger partial charge in [0, 0.05) is 20.1 Å². The van der Waals surface area contributed by atoms with E-state index >= 15 is 0 Å². The lowest BCUT2D eigenvalue weighted by atomic mass is 9.96. The van der Waals surface area contributed by atoms with E-state index in [1.807, 2.05) is 11.9 Å². The van der Waals surface area contributed by atoms with Gasteiger partial charge in [0.05, 0.1) is 5.92 Å². The summed E-state index contributed by atoms with van der Waals surface area (Å²) in [6.07, 6.45) is 5.34. The van der Waals surface area contributed by atoms with Crippen molar-refractivity contribution in [2.24, 2.45) is 17.8 Å². The zero-order valence-corrected chi connectivity index (χ0v) is 10.5. The molecule has 1 amide bonds. The minimum Gasteiger partial charge on any atom is -0.345 e. The van der Waals surface area contributed by atoms with Gasteiger partial charge in [0.25, 0.3) is 0 Å². The van der Waals surface area contributed by atoms with Gasteiger partial charge in [0.1, 0.15) is 0 Å². The number of nitrogens with zero attached hydrogens (tertiary/aromatic N) is 1. The summed E-state index contributed by atoms with van der Waals surface area (Å²) >= 11 is 0. The molecule has 1 aliphatic carbocycles. The monoisotopic (exact) mass is 224 g/mol. The maximum atomic E-state index is 12.2. The van der Waals surface area contributed by atoms with E-state index in [1.54, 1.807) is 0 Å². The highest BCUT2D eigenvalue weighted by molar-refractivity contribution is 5.79. The van der Waals surface area contributed by atoms with Crippen LogP contribution in [0.3, 0.4) is 0 Å². The Bertz CT molecular complexity index is 248. The van der Waals surface area contributed by atoms with Crippen molar-refractivity contribution in [1.82, 2.24) is 10.2 Å². The van der Waals surface area contributed by atoms with Crippen molar-refractivity contribution in [3.8, 4) is 0 Å². The van der Waals surface area contributed by atoms with Gasteiger partial charge in [0.2, 0.25) is 5.91 Å². The molecule has 2 unspecified atom stereocenters. The van der Waals surface area contributed by atoms with Crippen LogP contribution < -0.4 is 5.32 Å². The molecule has 2 fully saturated rings. The van der Waals surface area contributed by atoms with Gasteiger partial charge in [-0.05, 0) is 31.2 Å². The van der Waals surface area contributed by atoms with Crippen LogP contribution in [0.4, 0.5) is 0 Å². The maximum Gasteiger partial charge on any atom is 0.227 e. The van der Waals surface area contributed by atoms with Crippen molar-refractivity contribution in [3.05, 3.63) is 0 Å². The lowest BCUT2D eigenvalue weighted by Gasteiger charge is -2.25. The molecule has 2 atom stereocenters. The third kappa shape index (κ3) is 2.57. The van der Waals surface area contributed by atoms with Gasteiger partial charge in [-0.15, -0.1) is 0 Å². The molecule has 16 heavy (non-hydrogen) atoms. The summed E-state index contributed by atoms with van der Waals surface area (Å²) < 4.78 is 0. The molecule has 1 N–H and O–H groups in total. The van der Waals surface area contributed by atoms with Gasteiger partial charge in [0.15, 0.2) is 0 Å². The molecule has 1 heterocycles. The van der Waals surface area contributed by atoms with E-state index in [1.165, 1.54) is 25.7 Å². The fourth-order valence-electron chi connectivity index (χ4n) is 3.09. The standard InChI is InChI=1S/C13H24N2O/c1-10-7-14-8-12(10)13(16)15(2)9-11-5-3-4-6-11/h10-12,14H,3-9H2,1-2H3. The van der Waals surface area contributed by atoms with Crippen molar-refractivity contribution >= 4 is 5.91 Å². The molecular weight excluding hydrogens is 200 g/mol. The number of amides is 1. The molecule has 2 rings (SSSR count). The summed E-state index contributed by atoms with van der Waals surface area (Å²) in [5, 5.41) is 3.30. The van der Waals surface area contributed by atoms with Crippen LogP contribution >= 0.6 is 0 Å². The normalized spacial score (nSPS) is 30.9. The van der Waals surface area contributed by atoms with Crippen LogP contribution in [-0.4, -0.2) is 37.5 Å². The fourth-order valence-corrected chi connectivity index (χ4v) is 3.09. The third-order valence-corrected chi connectivity index (χ3v) is 4.22. The van der Waals surface area contributed by atoms with Crippen LogP contribution in [0.25, 0.3) is 0 Å². The van der Waals surface area contributed by atoms with Gasteiger partial charge < -0.3 is 10.2 Å². The Labute approximate surface area is 98.6 Å². The van der Waals surface area contributed by atoms with Crippen LogP contribution in [-0.2, 0) is 4.79 Å². The first kappa shape index (κ1) is 11.9. The molecular formula is C13H24N2O. The van der Waals surface area contributed by atoms with Crippen molar-refractivity contribution in [1.29, 1.82) is 0 Å². The maximum absolute atomic E-state index is 12.2. The van der Waals surface area contributed by atoms with E-state index in [0.29, 0.717) is 11.8 Å². The quantitative estimate of drug-likeness (QED) is 0.788. The van der Waals surface area contributed by atoms with Crippen LogP contribution in [0, 0.1) is 17.8 Å². The number of carbonyl (C=O) groups excluding carboxylic acids is 1. The highest BCUT2D eigenvalue weighted by atomic mass is 16.2. The summed E-state index contributed by atoms with van der Waals surface area (Å²) in [5.74, 6) is 1.83. The van der Waals surface area contributed by atoms with Crippen LogP contribution in [0.15, 0.2) is 0 Å². The molecule has 1 saturated carbocycles. The second-order valence-corrected chi connectivity index (χ2v) is 5.61. The van der Waals surface area contributed by atoms with E-state index < -0.39 is 0 Å². The lowest BCUT2D eigenvalue weighted by molar-refractivity contribution is -0.135. The number of hydrogen-bond acceptors (Lipinski definition) is 2. The van der Waals surface area contributed by atoms with Gasteiger partial charge >= 0.3 is 0 Å². The van der Waals surface area contributed by atoms with E-state index in [9.17, 15) is 4.79 Å². The SMILES string of the molecule is CC1CNCC1C(=O)N(C)CC1CCCC1. The zero-order chi connectivity index (χ0) is 11.5. The smallest absolute Gasteiger partial charge is 0.227 e. The van der Waals surface area contributed by atoms with Crippen molar-refractivity contribution in [2.75, 3.05) is 26.7 Å². The van der Waals surface area contributed by atoms with Crippen molar-refractivity contribution in [2.45, 2.75) is 32.6 Å². The van der Waals surface area contributed by atoms with E-state index in [4.69, 9.17) is 0 Å². The first-order valence-electron chi connectivity index (χ1n) is 6.64. The van der Waals surface area contributed by atoms with E-state index in [0.717, 1.165) is 25.6 Å². The fraction of sp³-hybridized carbons (Fsp3) is 0.923. The average Bonchev–Trinajstić information content (AvgIpc) is 2.88. The Morgan fingerprint density at radius 3 is 2.56 bits per heavy atom. The molecule has 2 aliphatic rings. The third-order valence-electron chi connectivity index (χ3n) is 4.22. The minimum absolute atomic E-state index is 0.214. The largest absolute Gasteiger partial charge is 0.345 e.